The second-order valence-electron chi connectivity index (χ2n) is 6.95. The van der Waals surface area contributed by atoms with Gasteiger partial charge in [-0.3, -0.25) is 4.79 Å². The van der Waals surface area contributed by atoms with Crippen molar-refractivity contribution in [3.05, 3.63) is 23.3 Å². The van der Waals surface area contributed by atoms with Gasteiger partial charge in [-0.2, -0.15) is 0 Å². The average molecular weight is 246 g/mol. The van der Waals surface area contributed by atoms with Crippen molar-refractivity contribution in [1.82, 2.24) is 0 Å². The largest absolute Gasteiger partial charge is 0.388 e. The molecule has 0 amide bonds. The van der Waals surface area contributed by atoms with Crippen LogP contribution in [0.2, 0.25) is 0 Å². The number of carbonyl (C=O) groups excluding carboxylic acids is 1. The minimum absolute atomic E-state index is 0.00394. The summed E-state index contributed by atoms with van der Waals surface area (Å²) in [5.74, 6) is 0.262. The first-order chi connectivity index (χ1) is 8.31. The number of hydrogen-bond donors (Lipinski definition) is 1. The van der Waals surface area contributed by atoms with Crippen LogP contribution in [0.5, 0.6) is 0 Å². The summed E-state index contributed by atoms with van der Waals surface area (Å²) in [6.07, 6.45) is 3.37. The highest BCUT2D eigenvalue weighted by atomic mass is 16.3. The van der Waals surface area contributed by atoms with Gasteiger partial charge in [-0.25, -0.2) is 0 Å². The predicted molar refractivity (Wildman–Crippen MR) is 71.0 cm³/mol. The van der Waals surface area contributed by atoms with E-state index in [1.165, 1.54) is 5.57 Å². The Morgan fingerprint density at radius 3 is 2.44 bits per heavy atom. The molecule has 0 aromatic carbocycles. The molecule has 18 heavy (non-hydrogen) atoms. The molecule has 3 aliphatic carbocycles. The van der Waals surface area contributed by atoms with Crippen LogP contribution in [0.3, 0.4) is 0 Å². The van der Waals surface area contributed by atoms with Crippen molar-refractivity contribution in [2.45, 2.75) is 52.6 Å². The monoisotopic (exact) mass is 246 g/mol. The van der Waals surface area contributed by atoms with Gasteiger partial charge in [-0.15, -0.1) is 0 Å². The zero-order chi connectivity index (χ0) is 13.3. The maximum absolute atomic E-state index is 12.7. The highest BCUT2D eigenvalue weighted by Crippen LogP contribution is 2.64. The number of aliphatic hydroxyl groups is 1. The maximum Gasteiger partial charge on any atom is 0.164 e. The van der Waals surface area contributed by atoms with Gasteiger partial charge in [0, 0.05) is 22.3 Å². The Kier molecular flexibility index (Phi) is 2.27. The third-order valence-electron chi connectivity index (χ3n) is 5.54. The van der Waals surface area contributed by atoms with Gasteiger partial charge in [0.25, 0.3) is 0 Å². The Morgan fingerprint density at radius 1 is 1.28 bits per heavy atom. The van der Waals surface area contributed by atoms with Gasteiger partial charge in [0.15, 0.2) is 5.78 Å². The van der Waals surface area contributed by atoms with Crippen LogP contribution in [-0.4, -0.2) is 17.0 Å². The van der Waals surface area contributed by atoms with Crippen molar-refractivity contribution in [3.8, 4) is 0 Å². The van der Waals surface area contributed by atoms with Gasteiger partial charge >= 0.3 is 0 Å². The van der Waals surface area contributed by atoms with Crippen molar-refractivity contribution >= 4 is 5.78 Å². The zero-order valence-electron chi connectivity index (χ0n) is 11.5. The third-order valence-corrected chi connectivity index (χ3v) is 5.54. The van der Waals surface area contributed by atoms with Crippen molar-refractivity contribution in [2.75, 3.05) is 0 Å². The van der Waals surface area contributed by atoms with Crippen LogP contribution >= 0.6 is 0 Å². The summed E-state index contributed by atoms with van der Waals surface area (Å²) in [4.78, 5) is 12.7. The molecule has 1 spiro atoms. The molecule has 0 bridgehead atoms. The van der Waals surface area contributed by atoms with E-state index in [0.717, 1.165) is 36.8 Å². The van der Waals surface area contributed by atoms with Gasteiger partial charge in [-0.1, -0.05) is 26.0 Å². The molecule has 0 radical (unpaired) electrons. The number of rotatable bonds is 0. The van der Waals surface area contributed by atoms with Gasteiger partial charge < -0.3 is 5.11 Å². The van der Waals surface area contributed by atoms with E-state index in [-0.39, 0.29) is 22.5 Å². The summed E-state index contributed by atoms with van der Waals surface area (Å²) >= 11 is 0. The molecule has 0 aliphatic heterocycles. The minimum Gasteiger partial charge on any atom is -0.388 e. The lowest BCUT2D eigenvalue weighted by atomic mass is 9.60. The number of Topliss-reactive ketones (excluding diaryl/α,β-unsaturated/α-hetero) is 1. The van der Waals surface area contributed by atoms with E-state index in [0.29, 0.717) is 0 Å². The number of fused-ring (bicyclic) bond motifs is 1. The van der Waals surface area contributed by atoms with Gasteiger partial charge in [0.05, 0.1) is 6.10 Å². The second-order valence-corrected chi connectivity index (χ2v) is 6.95. The van der Waals surface area contributed by atoms with Crippen LogP contribution in [0.25, 0.3) is 0 Å². The number of ketones is 1. The molecule has 2 saturated carbocycles. The molecular formula is C16H22O2. The fraction of sp³-hybridized carbons (Fsp3) is 0.688. The molecular weight excluding hydrogens is 224 g/mol. The Bertz CT molecular complexity index is 477. The van der Waals surface area contributed by atoms with Crippen LogP contribution < -0.4 is 0 Å². The first-order valence-electron chi connectivity index (χ1n) is 6.95. The number of carbonyl (C=O) groups is 1. The molecule has 3 aliphatic rings. The quantitative estimate of drug-likeness (QED) is 0.667. The standard InChI is InChI=1S/C16H22O2/c1-9-12-11(5-6-15(3,4)14(12)18)13(17)10(2)16(9)7-8-16/h11,13,17H,2,5-8H2,1,3-4H3. The summed E-state index contributed by atoms with van der Waals surface area (Å²) in [6.45, 7) is 10.3. The van der Waals surface area contributed by atoms with E-state index in [2.05, 4.69) is 13.5 Å². The fourth-order valence-corrected chi connectivity index (χ4v) is 3.92. The van der Waals surface area contributed by atoms with Crippen LogP contribution in [0.15, 0.2) is 23.3 Å². The van der Waals surface area contributed by atoms with Crippen molar-refractivity contribution in [1.29, 1.82) is 0 Å². The van der Waals surface area contributed by atoms with E-state index in [9.17, 15) is 9.90 Å². The first kappa shape index (κ1) is 12.2. The van der Waals surface area contributed by atoms with Crippen molar-refractivity contribution in [3.63, 3.8) is 0 Å². The second kappa shape index (κ2) is 3.36. The lowest BCUT2D eigenvalue weighted by Gasteiger charge is -2.44. The predicted octanol–water partition coefficient (Wildman–Crippen LogP) is 3.02. The summed E-state index contributed by atoms with van der Waals surface area (Å²) < 4.78 is 0. The SMILES string of the molecule is C=C1C(O)C2CCC(C)(C)C(=O)C2=C(C)C12CC2. The Morgan fingerprint density at radius 2 is 1.89 bits per heavy atom. The molecule has 2 nitrogen and oxygen atoms in total. The molecule has 0 heterocycles. The summed E-state index contributed by atoms with van der Waals surface area (Å²) in [5.41, 5.74) is 2.81. The molecule has 0 aromatic rings. The lowest BCUT2D eigenvalue weighted by molar-refractivity contribution is -0.127. The number of allylic oxidation sites excluding steroid dienone is 1. The zero-order valence-corrected chi connectivity index (χ0v) is 11.5. The molecule has 1 N–H and O–H groups in total. The number of aliphatic hydroxyl groups excluding tert-OH is 1. The summed E-state index contributed by atoms with van der Waals surface area (Å²) in [5, 5.41) is 10.5. The molecule has 2 unspecified atom stereocenters. The highest BCUT2D eigenvalue weighted by molar-refractivity contribution is 6.02. The molecule has 98 valence electrons. The molecule has 2 heteroatoms. The maximum atomic E-state index is 12.7. The van der Waals surface area contributed by atoms with Crippen LogP contribution in [0.4, 0.5) is 0 Å². The molecule has 0 aromatic heterocycles. The fourth-order valence-electron chi connectivity index (χ4n) is 3.92. The van der Waals surface area contributed by atoms with Crippen molar-refractivity contribution in [2.24, 2.45) is 16.7 Å². The van der Waals surface area contributed by atoms with Crippen LogP contribution in [-0.2, 0) is 4.79 Å². The van der Waals surface area contributed by atoms with E-state index in [1.807, 2.05) is 13.8 Å². The summed E-state index contributed by atoms with van der Waals surface area (Å²) in [7, 11) is 0. The Labute approximate surface area is 109 Å². The average Bonchev–Trinajstić information content (AvgIpc) is 3.09. The molecule has 0 saturated heterocycles. The molecule has 2 atom stereocenters. The van der Waals surface area contributed by atoms with Crippen molar-refractivity contribution < 1.29 is 9.90 Å². The van der Waals surface area contributed by atoms with E-state index >= 15 is 0 Å². The van der Waals surface area contributed by atoms with E-state index in [1.54, 1.807) is 0 Å². The normalized spacial score (nSPS) is 36.9. The number of hydrogen-bond acceptors (Lipinski definition) is 2. The Balaban J connectivity index is 2.15. The lowest BCUT2D eigenvalue weighted by Crippen LogP contribution is -2.44. The van der Waals surface area contributed by atoms with Crippen LogP contribution in [0.1, 0.15) is 46.5 Å². The van der Waals surface area contributed by atoms with Gasteiger partial charge in [-0.05, 0) is 38.2 Å². The van der Waals surface area contributed by atoms with E-state index in [4.69, 9.17) is 0 Å². The molecule has 3 rings (SSSR count). The minimum atomic E-state index is -0.508. The van der Waals surface area contributed by atoms with E-state index < -0.39 is 6.10 Å². The highest BCUT2D eigenvalue weighted by Gasteiger charge is 2.57. The Hall–Kier alpha value is -0.890. The molecule has 2 fully saturated rings. The third kappa shape index (κ3) is 1.30. The van der Waals surface area contributed by atoms with Crippen LogP contribution in [0, 0.1) is 16.7 Å². The first-order valence-corrected chi connectivity index (χ1v) is 6.95. The van der Waals surface area contributed by atoms with Gasteiger partial charge in [0.2, 0.25) is 0 Å². The topological polar surface area (TPSA) is 37.3 Å². The van der Waals surface area contributed by atoms with Gasteiger partial charge in [0.1, 0.15) is 0 Å². The summed E-state index contributed by atoms with van der Waals surface area (Å²) in [6, 6.07) is 0. The smallest absolute Gasteiger partial charge is 0.164 e.